The Morgan fingerprint density at radius 2 is 2.29 bits per heavy atom. The number of nitrogens with one attached hydrogen (secondary N) is 1. The number of carbonyl (C=O) groups excluding carboxylic acids is 1. The van der Waals surface area contributed by atoms with Gasteiger partial charge in [0, 0.05) is 13.5 Å². The highest BCUT2D eigenvalue weighted by atomic mass is 35.5. The fourth-order valence-electron chi connectivity index (χ4n) is 1.49. The third-order valence-electron chi connectivity index (χ3n) is 2.27. The van der Waals surface area contributed by atoms with Gasteiger partial charge in [-0.05, 0) is 18.0 Å². The van der Waals surface area contributed by atoms with Gasteiger partial charge in [0.05, 0.1) is 6.33 Å². The fraction of sp³-hybridized carbons (Fsp3) is 0.400. The summed E-state index contributed by atoms with van der Waals surface area (Å²) in [6.45, 7) is 1.93. The minimum absolute atomic E-state index is 0.0906. The molecule has 17 heavy (non-hydrogen) atoms. The van der Waals surface area contributed by atoms with Crippen LogP contribution in [-0.4, -0.2) is 25.4 Å². The Hall–Kier alpha value is -1.69. The molecule has 0 atom stereocenters. The molecule has 0 fully saturated rings. The highest BCUT2D eigenvalue weighted by molar-refractivity contribution is 6.28. The minimum Gasteiger partial charge on any atom is -0.318 e. The van der Waals surface area contributed by atoms with Crippen LogP contribution < -0.4 is 5.32 Å². The highest BCUT2D eigenvalue weighted by Gasteiger charge is 2.12. The van der Waals surface area contributed by atoms with Crippen molar-refractivity contribution < 1.29 is 4.79 Å². The standard InChI is InChI=1S/C10H12ClN5O/c1-3-4-6(17)13-8-7-9(15-10(11)14-8)16(2)5-12-7/h5H,3-4H2,1-2H3,(H,13,14,15,17). The number of rotatable bonds is 3. The van der Waals surface area contributed by atoms with Crippen LogP contribution in [0.1, 0.15) is 19.8 Å². The molecule has 0 aliphatic rings. The van der Waals surface area contributed by atoms with Crippen molar-refractivity contribution in [3.63, 3.8) is 0 Å². The van der Waals surface area contributed by atoms with Crippen LogP contribution in [0.15, 0.2) is 6.33 Å². The Balaban J connectivity index is 2.42. The van der Waals surface area contributed by atoms with E-state index in [9.17, 15) is 4.79 Å². The molecule has 0 unspecified atom stereocenters. The number of carbonyl (C=O) groups is 1. The number of fused-ring (bicyclic) bond motifs is 1. The summed E-state index contributed by atoms with van der Waals surface area (Å²) in [5.74, 6) is 0.258. The van der Waals surface area contributed by atoms with E-state index in [0.29, 0.717) is 23.4 Å². The molecule has 2 rings (SSSR count). The van der Waals surface area contributed by atoms with Crippen molar-refractivity contribution in [1.82, 2.24) is 19.5 Å². The number of anilines is 1. The normalized spacial score (nSPS) is 10.8. The quantitative estimate of drug-likeness (QED) is 0.846. The van der Waals surface area contributed by atoms with Crippen LogP contribution in [0.2, 0.25) is 5.28 Å². The van der Waals surface area contributed by atoms with E-state index in [1.807, 2.05) is 6.92 Å². The maximum absolute atomic E-state index is 11.5. The maximum atomic E-state index is 11.5. The summed E-state index contributed by atoms with van der Waals surface area (Å²) in [6, 6.07) is 0. The molecule has 0 aliphatic carbocycles. The molecule has 0 aliphatic heterocycles. The Morgan fingerprint density at radius 3 is 3.00 bits per heavy atom. The number of imidazole rings is 1. The van der Waals surface area contributed by atoms with Gasteiger partial charge in [0.1, 0.15) is 0 Å². The van der Waals surface area contributed by atoms with Gasteiger partial charge in [0.2, 0.25) is 11.2 Å². The van der Waals surface area contributed by atoms with Crippen molar-refractivity contribution in [3.8, 4) is 0 Å². The number of aryl methyl sites for hydroxylation is 1. The second-order valence-electron chi connectivity index (χ2n) is 3.67. The number of halogens is 1. The Morgan fingerprint density at radius 1 is 1.53 bits per heavy atom. The zero-order valence-corrected chi connectivity index (χ0v) is 10.3. The topological polar surface area (TPSA) is 72.7 Å². The maximum Gasteiger partial charge on any atom is 0.226 e. The first kappa shape index (κ1) is 11.8. The SMILES string of the molecule is CCCC(=O)Nc1nc(Cl)nc2c1ncn2C. The predicted molar refractivity (Wildman–Crippen MR) is 64.9 cm³/mol. The van der Waals surface area contributed by atoms with Gasteiger partial charge in [0.25, 0.3) is 0 Å². The monoisotopic (exact) mass is 253 g/mol. The van der Waals surface area contributed by atoms with Gasteiger partial charge in [-0.25, -0.2) is 4.98 Å². The summed E-state index contributed by atoms with van der Waals surface area (Å²) in [6.07, 6.45) is 2.82. The first-order chi connectivity index (χ1) is 8.11. The van der Waals surface area contributed by atoms with Gasteiger partial charge in [-0.1, -0.05) is 6.92 Å². The van der Waals surface area contributed by atoms with Crippen molar-refractivity contribution in [2.45, 2.75) is 19.8 Å². The lowest BCUT2D eigenvalue weighted by molar-refractivity contribution is -0.116. The van der Waals surface area contributed by atoms with E-state index in [1.54, 1.807) is 17.9 Å². The molecule has 0 aromatic carbocycles. The molecule has 2 heterocycles. The zero-order chi connectivity index (χ0) is 12.4. The van der Waals surface area contributed by atoms with Crippen molar-refractivity contribution in [2.24, 2.45) is 7.05 Å². The van der Waals surface area contributed by atoms with Crippen LogP contribution in [0, 0.1) is 0 Å². The molecular formula is C10H12ClN5O. The van der Waals surface area contributed by atoms with Crippen LogP contribution in [0.4, 0.5) is 5.82 Å². The van der Waals surface area contributed by atoms with Crippen LogP contribution in [0.3, 0.4) is 0 Å². The molecule has 2 aromatic heterocycles. The van der Waals surface area contributed by atoms with E-state index >= 15 is 0 Å². The molecule has 2 aromatic rings. The molecule has 90 valence electrons. The third-order valence-corrected chi connectivity index (χ3v) is 2.44. The Kier molecular flexibility index (Phi) is 3.23. The molecule has 6 nitrogen and oxygen atoms in total. The van der Waals surface area contributed by atoms with Crippen molar-refractivity contribution >= 4 is 34.5 Å². The molecule has 0 bridgehead atoms. The lowest BCUT2D eigenvalue weighted by Gasteiger charge is -2.04. The van der Waals surface area contributed by atoms with Crippen LogP contribution in [-0.2, 0) is 11.8 Å². The second-order valence-corrected chi connectivity index (χ2v) is 4.01. The van der Waals surface area contributed by atoms with E-state index in [4.69, 9.17) is 11.6 Å². The van der Waals surface area contributed by atoms with E-state index in [1.165, 1.54) is 0 Å². The summed E-state index contributed by atoms with van der Waals surface area (Å²) >= 11 is 5.80. The lowest BCUT2D eigenvalue weighted by atomic mass is 10.3. The number of hydrogen-bond donors (Lipinski definition) is 1. The van der Waals surface area contributed by atoms with Gasteiger partial charge in [-0.3, -0.25) is 4.79 Å². The third kappa shape index (κ3) is 2.36. The minimum atomic E-state index is -0.103. The van der Waals surface area contributed by atoms with Crippen LogP contribution >= 0.6 is 11.6 Å². The van der Waals surface area contributed by atoms with Crippen LogP contribution in [0.5, 0.6) is 0 Å². The van der Waals surface area contributed by atoms with Gasteiger partial charge >= 0.3 is 0 Å². The Bertz CT molecular complexity index is 565. The Labute approximate surface area is 103 Å². The zero-order valence-electron chi connectivity index (χ0n) is 9.57. The lowest BCUT2D eigenvalue weighted by Crippen LogP contribution is -2.12. The smallest absolute Gasteiger partial charge is 0.226 e. The molecular weight excluding hydrogens is 242 g/mol. The first-order valence-corrected chi connectivity index (χ1v) is 5.64. The molecule has 0 saturated heterocycles. The van der Waals surface area contributed by atoms with Gasteiger partial charge in [0.15, 0.2) is 17.0 Å². The fourth-order valence-corrected chi connectivity index (χ4v) is 1.65. The summed E-state index contributed by atoms with van der Waals surface area (Å²) < 4.78 is 1.72. The summed E-state index contributed by atoms with van der Waals surface area (Å²) in [4.78, 5) is 23.7. The van der Waals surface area contributed by atoms with E-state index < -0.39 is 0 Å². The summed E-state index contributed by atoms with van der Waals surface area (Å²) in [5, 5.41) is 2.78. The van der Waals surface area contributed by atoms with Crippen molar-refractivity contribution in [2.75, 3.05) is 5.32 Å². The van der Waals surface area contributed by atoms with E-state index in [-0.39, 0.29) is 11.2 Å². The number of aromatic nitrogens is 4. The number of nitrogens with zero attached hydrogens (tertiary/aromatic N) is 4. The number of amides is 1. The molecule has 7 heteroatoms. The molecule has 1 N–H and O–H groups in total. The van der Waals surface area contributed by atoms with Crippen molar-refractivity contribution in [1.29, 1.82) is 0 Å². The first-order valence-electron chi connectivity index (χ1n) is 5.26. The van der Waals surface area contributed by atoms with E-state index in [2.05, 4.69) is 20.3 Å². The summed E-state index contributed by atoms with van der Waals surface area (Å²) in [5.41, 5.74) is 1.14. The molecule has 0 radical (unpaired) electrons. The summed E-state index contributed by atoms with van der Waals surface area (Å²) in [7, 11) is 1.80. The van der Waals surface area contributed by atoms with Gasteiger partial charge in [-0.2, -0.15) is 9.97 Å². The predicted octanol–water partition coefficient (Wildman–Crippen LogP) is 1.76. The average molecular weight is 254 g/mol. The molecule has 0 saturated carbocycles. The average Bonchev–Trinajstić information content (AvgIpc) is 2.61. The molecule has 1 amide bonds. The van der Waals surface area contributed by atoms with E-state index in [0.717, 1.165) is 6.42 Å². The number of hydrogen-bond acceptors (Lipinski definition) is 4. The van der Waals surface area contributed by atoms with Crippen molar-refractivity contribution in [3.05, 3.63) is 11.6 Å². The van der Waals surface area contributed by atoms with Gasteiger partial charge < -0.3 is 9.88 Å². The largest absolute Gasteiger partial charge is 0.318 e. The van der Waals surface area contributed by atoms with Gasteiger partial charge in [-0.15, -0.1) is 0 Å². The highest BCUT2D eigenvalue weighted by Crippen LogP contribution is 2.20. The second kappa shape index (κ2) is 4.67. The van der Waals surface area contributed by atoms with Crippen LogP contribution in [0.25, 0.3) is 11.2 Å². The molecule has 0 spiro atoms.